The molecule has 0 radical (unpaired) electrons. The number of halogens is 1. The quantitative estimate of drug-likeness (QED) is 0.583. The first-order valence-electron chi connectivity index (χ1n) is 9.72. The predicted molar refractivity (Wildman–Crippen MR) is 119 cm³/mol. The lowest BCUT2D eigenvalue weighted by molar-refractivity contribution is 0.0663. The van der Waals surface area contributed by atoms with Gasteiger partial charge < -0.3 is 23.9 Å². The van der Waals surface area contributed by atoms with Crippen LogP contribution in [0.3, 0.4) is 0 Å². The summed E-state index contributed by atoms with van der Waals surface area (Å²) in [6.45, 7) is 4.32. The van der Waals surface area contributed by atoms with E-state index in [1.807, 2.05) is 19.9 Å². The molecule has 8 heteroatoms. The predicted octanol–water partition coefficient (Wildman–Crippen LogP) is 4.08. The minimum Gasteiger partial charge on any atom is -0.503 e. The number of carbonyl (C=O) groups is 1. The largest absolute Gasteiger partial charge is 0.503 e. The van der Waals surface area contributed by atoms with Crippen molar-refractivity contribution in [3.63, 3.8) is 0 Å². The Hall–Kier alpha value is -2.84. The van der Waals surface area contributed by atoms with Gasteiger partial charge in [0.15, 0.2) is 16.9 Å². The van der Waals surface area contributed by atoms with E-state index in [1.165, 1.54) is 7.11 Å². The molecule has 0 unspecified atom stereocenters. The molecule has 1 aliphatic rings. The fourth-order valence-electron chi connectivity index (χ4n) is 4.15. The van der Waals surface area contributed by atoms with Gasteiger partial charge in [-0.2, -0.15) is 0 Å². The molecule has 0 saturated heterocycles. The number of nitrogens with zero attached hydrogens (tertiary/aromatic N) is 1. The highest BCUT2D eigenvalue weighted by Crippen LogP contribution is 2.43. The Morgan fingerprint density at radius 3 is 2.58 bits per heavy atom. The second kappa shape index (κ2) is 8.01. The standard InChI is InChI=1S/C23H22BrNO6/c1-11-7-12(2)21-14(8-11)19(26)17-18(13-9-15(24)20(27)16(10-13)30-4)25(5-6-29-3)23(28)22(17)31-21/h7-10,18,27H,5-6H2,1-4H3/t18-/m1/s1. The number of hydrogen-bond donors (Lipinski definition) is 1. The van der Waals surface area contributed by atoms with E-state index in [-0.39, 0.29) is 40.7 Å². The second-order valence-corrected chi connectivity index (χ2v) is 8.43. The minimum absolute atomic E-state index is 0.0359. The molecule has 1 atom stereocenters. The van der Waals surface area contributed by atoms with E-state index in [4.69, 9.17) is 13.9 Å². The summed E-state index contributed by atoms with van der Waals surface area (Å²) in [7, 11) is 2.99. The molecule has 0 fully saturated rings. The van der Waals surface area contributed by atoms with Crippen LogP contribution in [0, 0.1) is 13.8 Å². The molecule has 7 nitrogen and oxygen atoms in total. The zero-order valence-electron chi connectivity index (χ0n) is 17.6. The molecule has 1 aromatic heterocycles. The maximum atomic E-state index is 13.6. The van der Waals surface area contributed by atoms with Crippen molar-refractivity contribution in [3.05, 3.63) is 67.0 Å². The summed E-state index contributed by atoms with van der Waals surface area (Å²) >= 11 is 3.33. The summed E-state index contributed by atoms with van der Waals surface area (Å²) in [5.74, 6) is -0.169. The smallest absolute Gasteiger partial charge is 0.290 e. The fraction of sp³-hybridized carbons (Fsp3) is 0.304. The van der Waals surface area contributed by atoms with E-state index in [2.05, 4.69) is 15.9 Å². The topological polar surface area (TPSA) is 89.2 Å². The Morgan fingerprint density at radius 2 is 1.90 bits per heavy atom. The molecule has 1 N–H and O–H groups in total. The number of phenolic OH excluding ortho intramolecular Hbond substituents is 1. The first-order valence-corrected chi connectivity index (χ1v) is 10.5. The van der Waals surface area contributed by atoms with Crippen molar-refractivity contribution >= 4 is 32.8 Å². The minimum atomic E-state index is -0.704. The van der Waals surface area contributed by atoms with Crippen LogP contribution >= 0.6 is 15.9 Å². The number of ether oxygens (including phenoxy) is 2. The summed E-state index contributed by atoms with van der Waals surface area (Å²) in [6.07, 6.45) is 0. The first-order chi connectivity index (χ1) is 14.8. The molecule has 0 saturated carbocycles. The molecule has 0 bridgehead atoms. The zero-order chi connectivity index (χ0) is 22.4. The van der Waals surface area contributed by atoms with E-state index in [9.17, 15) is 14.7 Å². The molecule has 2 aromatic carbocycles. The lowest BCUT2D eigenvalue weighted by Crippen LogP contribution is -2.32. The normalized spacial score (nSPS) is 15.6. The number of phenols is 1. The summed E-state index contributed by atoms with van der Waals surface area (Å²) in [6, 6.07) is 6.29. The summed E-state index contributed by atoms with van der Waals surface area (Å²) < 4.78 is 16.9. The third kappa shape index (κ3) is 3.40. The fourth-order valence-corrected chi connectivity index (χ4v) is 4.61. The van der Waals surface area contributed by atoms with Gasteiger partial charge in [0.25, 0.3) is 5.91 Å². The van der Waals surface area contributed by atoms with Crippen molar-refractivity contribution in [1.29, 1.82) is 0 Å². The molecule has 1 amide bonds. The van der Waals surface area contributed by atoms with Crippen LogP contribution in [0.2, 0.25) is 0 Å². The number of aromatic hydroxyl groups is 1. The van der Waals surface area contributed by atoms with Crippen LogP contribution in [0.5, 0.6) is 11.5 Å². The number of methoxy groups -OCH3 is 2. The average Bonchev–Trinajstić information content (AvgIpc) is 3.01. The monoisotopic (exact) mass is 487 g/mol. The van der Waals surface area contributed by atoms with Crippen molar-refractivity contribution in [2.45, 2.75) is 19.9 Å². The van der Waals surface area contributed by atoms with E-state index in [0.29, 0.717) is 27.6 Å². The molecule has 3 aromatic rings. The highest BCUT2D eigenvalue weighted by atomic mass is 79.9. The van der Waals surface area contributed by atoms with Gasteiger partial charge in [-0.1, -0.05) is 6.07 Å². The SMILES string of the molecule is COCCN1C(=O)c2oc3c(C)cc(C)cc3c(=O)c2[C@H]1c1cc(Br)c(O)c(OC)c1. The van der Waals surface area contributed by atoms with Crippen molar-refractivity contribution in [2.24, 2.45) is 0 Å². The summed E-state index contributed by atoms with van der Waals surface area (Å²) in [5, 5.41) is 10.7. The van der Waals surface area contributed by atoms with Gasteiger partial charge in [-0.25, -0.2) is 0 Å². The van der Waals surface area contributed by atoms with Crippen molar-refractivity contribution in [2.75, 3.05) is 27.4 Å². The Kier molecular flexibility index (Phi) is 5.53. The number of fused-ring (bicyclic) bond motifs is 2. The number of benzene rings is 2. The maximum Gasteiger partial charge on any atom is 0.290 e. The molecule has 162 valence electrons. The Morgan fingerprint density at radius 1 is 1.16 bits per heavy atom. The highest BCUT2D eigenvalue weighted by Gasteiger charge is 2.43. The van der Waals surface area contributed by atoms with Crippen LogP contribution in [0.15, 0.2) is 37.9 Å². The molecule has 0 spiro atoms. The molecular formula is C23H22BrNO6. The van der Waals surface area contributed by atoms with Crippen molar-refractivity contribution in [1.82, 2.24) is 4.90 Å². The van der Waals surface area contributed by atoms with Crippen molar-refractivity contribution in [3.8, 4) is 11.5 Å². The Balaban J connectivity index is 2.03. The number of carbonyl (C=O) groups excluding carboxylic acids is 1. The van der Waals surface area contributed by atoms with Crippen LogP contribution in [0.25, 0.3) is 11.0 Å². The third-order valence-electron chi connectivity index (χ3n) is 5.52. The molecule has 1 aliphatic heterocycles. The average molecular weight is 488 g/mol. The summed E-state index contributed by atoms with van der Waals surface area (Å²) in [5.41, 5.74) is 2.79. The van der Waals surface area contributed by atoms with Crippen LogP contribution in [0.4, 0.5) is 0 Å². The van der Waals surface area contributed by atoms with E-state index >= 15 is 0 Å². The van der Waals surface area contributed by atoms with E-state index in [0.717, 1.165) is 11.1 Å². The molecule has 2 heterocycles. The lowest BCUT2D eigenvalue weighted by Gasteiger charge is -2.25. The van der Waals surface area contributed by atoms with Gasteiger partial charge in [0, 0.05) is 13.7 Å². The lowest BCUT2D eigenvalue weighted by atomic mass is 9.97. The van der Waals surface area contributed by atoms with Crippen molar-refractivity contribution < 1.29 is 23.8 Å². The molecule has 4 rings (SSSR count). The van der Waals surface area contributed by atoms with Crippen LogP contribution in [0.1, 0.15) is 38.9 Å². The van der Waals surface area contributed by atoms with Crippen LogP contribution in [-0.2, 0) is 4.74 Å². The maximum absolute atomic E-state index is 13.6. The number of hydrogen-bond acceptors (Lipinski definition) is 6. The zero-order valence-corrected chi connectivity index (χ0v) is 19.2. The first kappa shape index (κ1) is 21.4. The highest BCUT2D eigenvalue weighted by molar-refractivity contribution is 9.10. The number of amides is 1. The molecule has 0 aliphatic carbocycles. The van der Waals surface area contributed by atoms with E-state index < -0.39 is 6.04 Å². The van der Waals surface area contributed by atoms with E-state index in [1.54, 1.807) is 30.2 Å². The van der Waals surface area contributed by atoms with Gasteiger partial charge in [0.2, 0.25) is 5.76 Å². The van der Waals surface area contributed by atoms with Gasteiger partial charge >= 0.3 is 0 Å². The Labute approximate surface area is 187 Å². The van der Waals surface area contributed by atoms with Gasteiger partial charge in [0.1, 0.15) is 5.58 Å². The number of aryl methyl sites for hydroxylation is 2. The molecule has 31 heavy (non-hydrogen) atoms. The third-order valence-corrected chi connectivity index (χ3v) is 6.12. The van der Waals surface area contributed by atoms with Gasteiger partial charge in [-0.15, -0.1) is 0 Å². The summed E-state index contributed by atoms with van der Waals surface area (Å²) in [4.78, 5) is 28.5. The Bertz CT molecular complexity index is 1270. The van der Waals surface area contributed by atoms with Crippen LogP contribution in [-0.4, -0.2) is 43.3 Å². The van der Waals surface area contributed by atoms with Gasteiger partial charge in [-0.05, 0) is 64.7 Å². The van der Waals surface area contributed by atoms with Gasteiger partial charge in [-0.3, -0.25) is 9.59 Å². The second-order valence-electron chi connectivity index (χ2n) is 7.58. The van der Waals surface area contributed by atoms with Crippen LogP contribution < -0.4 is 10.2 Å². The van der Waals surface area contributed by atoms with Gasteiger partial charge in [0.05, 0.1) is 35.2 Å². The number of rotatable bonds is 5. The molecular weight excluding hydrogens is 466 g/mol.